The topological polar surface area (TPSA) is 84.3 Å². The molecule has 6 nitrogen and oxygen atoms in total. The van der Waals surface area contributed by atoms with Gasteiger partial charge in [-0.25, -0.2) is 0 Å². The Bertz CT molecular complexity index is 586. The zero-order valence-corrected chi connectivity index (χ0v) is 11.8. The van der Waals surface area contributed by atoms with E-state index >= 15 is 0 Å². The third kappa shape index (κ3) is 3.75. The summed E-state index contributed by atoms with van der Waals surface area (Å²) in [5.41, 5.74) is 2.14. The molecule has 106 valence electrons. The highest BCUT2D eigenvalue weighted by Crippen LogP contribution is 2.15. The molecule has 0 saturated carbocycles. The molecule has 0 spiro atoms. The number of aliphatic hydroxyl groups excluding tert-OH is 1. The molecule has 1 aromatic carbocycles. The number of ether oxygens (including phenoxy) is 1. The van der Waals surface area contributed by atoms with Gasteiger partial charge < -0.3 is 15.2 Å². The smallest absolute Gasteiger partial charge is 0.251 e. The fourth-order valence-corrected chi connectivity index (χ4v) is 2.08. The van der Waals surface area contributed by atoms with Gasteiger partial charge >= 0.3 is 0 Å². The number of aliphatic hydroxyl groups is 1. The van der Waals surface area contributed by atoms with Gasteiger partial charge in [-0.3, -0.25) is 4.79 Å². The zero-order chi connectivity index (χ0) is 14.4. The second-order valence-corrected chi connectivity index (χ2v) is 4.62. The SMILES string of the molecule is Cc1nsnc1COc1cccc(C(=O)NCCO)c1. The van der Waals surface area contributed by atoms with Gasteiger partial charge in [0.2, 0.25) is 0 Å². The highest BCUT2D eigenvalue weighted by Gasteiger charge is 2.07. The molecule has 2 aromatic rings. The predicted octanol–water partition coefficient (Wildman–Crippen LogP) is 1.15. The molecule has 0 aliphatic rings. The Morgan fingerprint density at radius 3 is 3.00 bits per heavy atom. The Balaban J connectivity index is 1.99. The fourth-order valence-electron chi connectivity index (χ4n) is 1.53. The van der Waals surface area contributed by atoms with E-state index in [9.17, 15) is 4.79 Å². The van der Waals surface area contributed by atoms with Crippen LogP contribution in [0.3, 0.4) is 0 Å². The fraction of sp³-hybridized carbons (Fsp3) is 0.308. The van der Waals surface area contributed by atoms with E-state index in [0.29, 0.717) is 17.9 Å². The summed E-state index contributed by atoms with van der Waals surface area (Å²) < 4.78 is 13.8. The van der Waals surface area contributed by atoms with Crippen LogP contribution < -0.4 is 10.1 Å². The molecule has 1 amide bonds. The minimum atomic E-state index is -0.240. The first-order valence-electron chi connectivity index (χ1n) is 6.10. The number of benzene rings is 1. The second-order valence-electron chi connectivity index (χ2n) is 4.09. The van der Waals surface area contributed by atoms with E-state index in [0.717, 1.165) is 23.1 Å². The first kappa shape index (κ1) is 14.4. The lowest BCUT2D eigenvalue weighted by atomic mass is 10.2. The van der Waals surface area contributed by atoms with Crippen molar-refractivity contribution in [1.29, 1.82) is 0 Å². The number of aryl methyl sites for hydroxylation is 1. The number of nitrogens with one attached hydrogen (secondary N) is 1. The average Bonchev–Trinajstić information content (AvgIpc) is 2.88. The third-order valence-electron chi connectivity index (χ3n) is 2.62. The van der Waals surface area contributed by atoms with Crippen LogP contribution in [0.2, 0.25) is 0 Å². The van der Waals surface area contributed by atoms with Gasteiger partial charge in [0.1, 0.15) is 18.1 Å². The molecule has 1 aromatic heterocycles. The van der Waals surface area contributed by atoms with Crippen molar-refractivity contribution in [3.63, 3.8) is 0 Å². The van der Waals surface area contributed by atoms with E-state index in [1.165, 1.54) is 0 Å². The van der Waals surface area contributed by atoms with E-state index in [2.05, 4.69) is 14.1 Å². The van der Waals surface area contributed by atoms with Gasteiger partial charge in [0.25, 0.3) is 5.91 Å². The van der Waals surface area contributed by atoms with E-state index in [1.807, 2.05) is 6.92 Å². The van der Waals surface area contributed by atoms with E-state index in [-0.39, 0.29) is 19.1 Å². The molecule has 7 heteroatoms. The van der Waals surface area contributed by atoms with Crippen LogP contribution in [0.15, 0.2) is 24.3 Å². The van der Waals surface area contributed by atoms with Crippen molar-refractivity contribution in [1.82, 2.24) is 14.1 Å². The molecule has 2 rings (SSSR count). The van der Waals surface area contributed by atoms with Crippen molar-refractivity contribution in [2.24, 2.45) is 0 Å². The summed E-state index contributed by atoms with van der Waals surface area (Å²) in [7, 11) is 0. The lowest BCUT2D eigenvalue weighted by Gasteiger charge is -2.07. The van der Waals surface area contributed by atoms with E-state index in [4.69, 9.17) is 9.84 Å². The summed E-state index contributed by atoms with van der Waals surface area (Å²) >= 11 is 1.15. The van der Waals surface area contributed by atoms with Crippen molar-refractivity contribution >= 4 is 17.6 Å². The Labute approximate surface area is 120 Å². The summed E-state index contributed by atoms with van der Waals surface area (Å²) in [6, 6.07) is 6.87. The standard InChI is InChI=1S/C13H15N3O3S/c1-9-12(16-20-15-9)8-19-11-4-2-3-10(7-11)13(18)14-5-6-17/h2-4,7,17H,5-6,8H2,1H3,(H,14,18). The maximum absolute atomic E-state index is 11.7. The number of amides is 1. The third-order valence-corrected chi connectivity index (χ3v) is 3.27. The zero-order valence-electron chi connectivity index (χ0n) is 11.0. The van der Waals surface area contributed by atoms with Crippen molar-refractivity contribution in [2.75, 3.05) is 13.2 Å². The van der Waals surface area contributed by atoms with Crippen molar-refractivity contribution in [3.05, 3.63) is 41.2 Å². The Morgan fingerprint density at radius 2 is 2.30 bits per heavy atom. The van der Waals surface area contributed by atoms with Crippen LogP contribution in [0.1, 0.15) is 21.7 Å². The quantitative estimate of drug-likeness (QED) is 0.834. The molecule has 1 heterocycles. The molecule has 0 radical (unpaired) electrons. The largest absolute Gasteiger partial charge is 0.487 e. The maximum atomic E-state index is 11.7. The molecule has 0 atom stereocenters. The highest BCUT2D eigenvalue weighted by atomic mass is 32.1. The first-order valence-corrected chi connectivity index (χ1v) is 6.83. The lowest BCUT2D eigenvalue weighted by Crippen LogP contribution is -2.26. The summed E-state index contributed by atoms with van der Waals surface area (Å²) in [4.78, 5) is 11.7. The monoisotopic (exact) mass is 293 g/mol. The van der Waals surface area contributed by atoms with Gasteiger partial charge in [-0.1, -0.05) is 6.07 Å². The summed E-state index contributed by atoms with van der Waals surface area (Å²) in [5.74, 6) is 0.352. The van der Waals surface area contributed by atoms with Crippen molar-refractivity contribution < 1.29 is 14.6 Å². The molecule has 0 unspecified atom stereocenters. The van der Waals surface area contributed by atoms with Crippen LogP contribution in [0.4, 0.5) is 0 Å². The number of rotatable bonds is 6. The van der Waals surface area contributed by atoms with Crippen molar-refractivity contribution in [2.45, 2.75) is 13.5 Å². The Hall–Kier alpha value is -1.99. The molecule has 2 N–H and O–H groups in total. The molecule has 20 heavy (non-hydrogen) atoms. The Morgan fingerprint density at radius 1 is 1.45 bits per heavy atom. The number of hydrogen-bond donors (Lipinski definition) is 2. The normalized spacial score (nSPS) is 10.3. The minimum Gasteiger partial charge on any atom is -0.487 e. The van der Waals surface area contributed by atoms with Crippen LogP contribution >= 0.6 is 11.7 Å². The van der Waals surface area contributed by atoms with Crippen LogP contribution in [-0.4, -0.2) is 32.9 Å². The van der Waals surface area contributed by atoms with Crippen LogP contribution in [0, 0.1) is 6.92 Å². The number of nitrogens with zero attached hydrogens (tertiary/aromatic N) is 2. The number of hydrogen-bond acceptors (Lipinski definition) is 6. The second kappa shape index (κ2) is 6.97. The summed E-state index contributed by atoms with van der Waals surface area (Å²) in [6.07, 6.45) is 0. The van der Waals surface area contributed by atoms with Crippen LogP contribution in [0.25, 0.3) is 0 Å². The van der Waals surface area contributed by atoms with E-state index < -0.39 is 0 Å². The molecular weight excluding hydrogens is 278 g/mol. The van der Waals surface area contributed by atoms with Crippen molar-refractivity contribution in [3.8, 4) is 5.75 Å². The average molecular weight is 293 g/mol. The van der Waals surface area contributed by atoms with E-state index in [1.54, 1.807) is 24.3 Å². The summed E-state index contributed by atoms with van der Waals surface area (Å²) in [6.45, 7) is 2.34. The maximum Gasteiger partial charge on any atom is 0.251 e. The van der Waals surface area contributed by atoms with Gasteiger partial charge in [-0.2, -0.15) is 8.75 Å². The minimum absolute atomic E-state index is 0.0853. The number of carbonyl (C=O) groups excluding carboxylic acids is 1. The molecule has 0 fully saturated rings. The van der Waals surface area contributed by atoms with Gasteiger partial charge in [0.15, 0.2) is 0 Å². The van der Waals surface area contributed by atoms with Gasteiger partial charge in [-0.05, 0) is 25.1 Å². The molecule has 0 saturated heterocycles. The van der Waals surface area contributed by atoms with Crippen LogP contribution in [-0.2, 0) is 6.61 Å². The lowest BCUT2D eigenvalue weighted by molar-refractivity contribution is 0.0944. The predicted molar refractivity (Wildman–Crippen MR) is 74.8 cm³/mol. The van der Waals surface area contributed by atoms with Gasteiger partial charge in [0, 0.05) is 12.1 Å². The molecule has 0 bridgehead atoms. The molecular formula is C13H15N3O3S. The first-order chi connectivity index (χ1) is 9.70. The van der Waals surface area contributed by atoms with Gasteiger partial charge in [-0.15, -0.1) is 0 Å². The molecule has 0 aliphatic heterocycles. The summed E-state index contributed by atoms with van der Waals surface area (Å²) in [5, 5.41) is 11.3. The number of carbonyl (C=O) groups is 1. The molecule has 0 aliphatic carbocycles. The Kier molecular flexibility index (Phi) is 5.03. The number of aromatic nitrogens is 2. The van der Waals surface area contributed by atoms with Gasteiger partial charge in [0.05, 0.1) is 24.0 Å². The highest BCUT2D eigenvalue weighted by molar-refractivity contribution is 6.99. The van der Waals surface area contributed by atoms with Crippen LogP contribution in [0.5, 0.6) is 5.75 Å².